The lowest BCUT2D eigenvalue weighted by molar-refractivity contribution is -0.122. The number of urea groups is 1. The molecule has 0 aromatic heterocycles. The average Bonchev–Trinajstić information content (AvgIpc) is 3.19. The van der Waals surface area contributed by atoms with Gasteiger partial charge in [-0.3, -0.25) is 24.7 Å². The van der Waals surface area contributed by atoms with E-state index >= 15 is 0 Å². The average molecular weight is 416 g/mol. The molecule has 2 fully saturated rings. The summed E-state index contributed by atoms with van der Waals surface area (Å²) in [6, 6.07) is 5.68. The third-order valence-corrected chi connectivity index (χ3v) is 6.02. The monoisotopic (exact) mass is 415 g/mol. The molecule has 1 aliphatic carbocycles. The first-order chi connectivity index (χ1) is 14.4. The van der Waals surface area contributed by atoms with Gasteiger partial charge in [0.05, 0.1) is 13.1 Å². The molecule has 1 aromatic carbocycles. The van der Waals surface area contributed by atoms with Gasteiger partial charge in [-0.2, -0.15) is 0 Å². The Morgan fingerprint density at radius 1 is 0.933 bits per heavy atom. The maximum Gasteiger partial charge on any atom is 0.321 e. The summed E-state index contributed by atoms with van der Waals surface area (Å²) >= 11 is 0. The highest BCUT2D eigenvalue weighted by Gasteiger charge is 2.22. The van der Waals surface area contributed by atoms with Crippen molar-refractivity contribution in [3.63, 3.8) is 0 Å². The summed E-state index contributed by atoms with van der Waals surface area (Å²) in [7, 11) is 0. The summed E-state index contributed by atoms with van der Waals surface area (Å²) in [5.41, 5.74) is 3.08. The second-order valence-electron chi connectivity index (χ2n) is 8.35. The van der Waals surface area contributed by atoms with Gasteiger partial charge in [0.15, 0.2) is 0 Å². The summed E-state index contributed by atoms with van der Waals surface area (Å²) in [6.07, 6.45) is 4.23. The van der Waals surface area contributed by atoms with Crippen LogP contribution in [0.25, 0.3) is 0 Å². The van der Waals surface area contributed by atoms with Crippen molar-refractivity contribution >= 4 is 23.5 Å². The second-order valence-corrected chi connectivity index (χ2v) is 8.35. The Labute approximate surface area is 178 Å². The molecule has 1 heterocycles. The maximum absolute atomic E-state index is 12.4. The smallest absolute Gasteiger partial charge is 0.321 e. The SMILES string of the molecule is Cc1cccc(NC(=O)CN2CCN(CC(=O)NC(=O)NC3CCCC3)CC2)c1C. The molecular weight excluding hydrogens is 382 g/mol. The van der Waals surface area contributed by atoms with E-state index in [4.69, 9.17) is 0 Å². The van der Waals surface area contributed by atoms with E-state index in [1.807, 2.05) is 36.9 Å². The predicted molar refractivity (Wildman–Crippen MR) is 116 cm³/mol. The minimum Gasteiger partial charge on any atom is -0.335 e. The van der Waals surface area contributed by atoms with Crippen molar-refractivity contribution in [2.75, 3.05) is 44.6 Å². The van der Waals surface area contributed by atoms with Crippen LogP contribution in [0.3, 0.4) is 0 Å². The van der Waals surface area contributed by atoms with E-state index in [-0.39, 0.29) is 24.4 Å². The first-order valence-electron chi connectivity index (χ1n) is 10.8. The van der Waals surface area contributed by atoms with Crippen molar-refractivity contribution in [3.8, 4) is 0 Å². The first-order valence-corrected chi connectivity index (χ1v) is 10.8. The van der Waals surface area contributed by atoms with Crippen molar-refractivity contribution in [1.29, 1.82) is 0 Å². The normalized spacial score (nSPS) is 18.2. The van der Waals surface area contributed by atoms with Crippen molar-refractivity contribution in [2.24, 2.45) is 0 Å². The summed E-state index contributed by atoms with van der Waals surface area (Å²) in [6.45, 7) is 7.35. The van der Waals surface area contributed by atoms with Crippen LogP contribution in [0.15, 0.2) is 18.2 Å². The van der Waals surface area contributed by atoms with Gasteiger partial charge in [-0.1, -0.05) is 25.0 Å². The number of anilines is 1. The zero-order valence-corrected chi connectivity index (χ0v) is 18.0. The maximum atomic E-state index is 12.4. The van der Waals surface area contributed by atoms with E-state index < -0.39 is 6.03 Å². The van der Waals surface area contributed by atoms with Gasteiger partial charge in [0.1, 0.15) is 0 Å². The Morgan fingerprint density at radius 3 is 2.17 bits per heavy atom. The molecule has 0 bridgehead atoms. The van der Waals surface area contributed by atoms with Gasteiger partial charge in [-0.05, 0) is 43.9 Å². The van der Waals surface area contributed by atoms with Crippen molar-refractivity contribution in [2.45, 2.75) is 45.6 Å². The minimum absolute atomic E-state index is 0.0292. The second kappa shape index (κ2) is 10.5. The van der Waals surface area contributed by atoms with E-state index in [1.54, 1.807) is 0 Å². The fourth-order valence-electron chi connectivity index (χ4n) is 4.05. The number of hydrogen-bond acceptors (Lipinski definition) is 5. The van der Waals surface area contributed by atoms with E-state index in [9.17, 15) is 14.4 Å². The third kappa shape index (κ3) is 6.53. The summed E-state index contributed by atoms with van der Waals surface area (Å²) in [5, 5.41) is 8.28. The number of rotatable bonds is 6. The van der Waals surface area contributed by atoms with Crippen LogP contribution in [0.1, 0.15) is 36.8 Å². The van der Waals surface area contributed by atoms with Gasteiger partial charge < -0.3 is 10.6 Å². The Hall–Kier alpha value is -2.45. The van der Waals surface area contributed by atoms with Crippen molar-refractivity contribution in [3.05, 3.63) is 29.3 Å². The molecule has 2 aliphatic rings. The van der Waals surface area contributed by atoms with Crippen LogP contribution in [0.5, 0.6) is 0 Å². The summed E-state index contributed by atoms with van der Waals surface area (Å²) in [5.74, 6) is -0.315. The Bertz CT molecular complexity index is 768. The highest BCUT2D eigenvalue weighted by Crippen LogP contribution is 2.18. The fourth-order valence-corrected chi connectivity index (χ4v) is 4.05. The molecule has 4 amide bonds. The molecular formula is C22H33N5O3. The van der Waals surface area contributed by atoms with E-state index in [1.165, 1.54) is 0 Å². The molecule has 1 aromatic rings. The Morgan fingerprint density at radius 2 is 1.53 bits per heavy atom. The quantitative estimate of drug-likeness (QED) is 0.657. The molecule has 1 aliphatic heterocycles. The lowest BCUT2D eigenvalue weighted by atomic mass is 10.1. The van der Waals surface area contributed by atoms with Gasteiger partial charge in [0.25, 0.3) is 0 Å². The lowest BCUT2D eigenvalue weighted by Crippen LogP contribution is -2.52. The standard InChI is InChI=1S/C22H33N5O3/c1-16-6-5-9-19(17(16)2)24-20(28)14-26-10-12-27(13-11-26)15-21(29)25-22(30)23-18-7-3-4-8-18/h5-6,9,18H,3-4,7-8,10-15H2,1-2H3,(H,24,28)(H2,23,25,29,30). The Kier molecular flexibility index (Phi) is 7.81. The molecule has 1 saturated heterocycles. The summed E-state index contributed by atoms with van der Waals surface area (Å²) < 4.78 is 0. The van der Waals surface area contributed by atoms with Gasteiger partial charge >= 0.3 is 6.03 Å². The van der Waals surface area contributed by atoms with Crippen molar-refractivity contribution < 1.29 is 14.4 Å². The van der Waals surface area contributed by atoms with Crippen LogP contribution >= 0.6 is 0 Å². The number of piperazine rings is 1. The van der Waals surface area contributed by atoms with Crippen LogP contribution in [0.4, 0.5) is 10.5 Å². The Balaban J connectivity index is 1.35. The van der Waals surface area contributed by atoms with Crippen LogP contribution in [0, 0.1) is 13.8 Å². The highest BCUT2D eigenvalue weighted by molar-refractivity contribution is 5.95. The van der Waals surface area contributed by atoms with Gasteiger partial charge in [0.2, 0.25) is 11.8 Å². The van der Waals surface area contributed by atoms with Crippen molar-refractivity contribution in [1.82, 2.24) is 20.4 Å². The fraction of sp³-hybridized carbons (Fsp3) is 0.591. The molecule has 0 radical (unpaired) electrons. The largest absolute Gasteiger partial charge is 0.335 e. The number of amides is 4. The number of benzene rings is 1. The molecule has 3 N–H and O–H groups in total. The molecule has 0 spiro atoms. The number of carbonyl (C=O) groups is 3. The van der Waals surface area contributed by atoms with E-state index in [0.717, 1.165) is 42.5 Å². The first kappa shape index (κ1) is 22.2. The van der Waals surface area contributed by atoms with Gasteiger partial charge in [-0.15, -0.1) is 0 Å². The summed E-state index contributed by atoms with van der Waals surface area (Å²) in [4.78, 5) is 40.5. The zero-order valence-electron chi connectivity index (χ0n) is 18.0. The van der Waals surface area contributed by atoms with E-state index in [0.29, 0.717) is 32.7 Å². The molecule has 164 valence electrons. The zero-order chi connectivity index (χ0) is 21.5. The van der Waals surface area contributed by atoms with Crippen LogP contribution in [-0.4, -0.2) is 73.0 Å². The number of aryl methyl sites for hydroxylation is 1. The van der Waals surface area contributed by atoms with Crippen LogP contribution in [0.2, 0.25) is 0 Å². The topological polar surface area (TPSA) is 93.8 Å². The lowest BCUT2D eigenvalue weighted by Gasteiger charge is -2.33. The van der Waals surface area contributed by atoms with Gasteiger partial charge in [0, 0.05) is 37.9 Å². The molecule has 0 atom stereocenters. The number of imide groups is 1. The minimum atomic E-state index is -0.395. The van der Waals surface area contributed by atoms with Gasteiger partial charge in [-0.25, -0.2) is 4.79 Å². The predicted octanol–water partition coefficient (Wildman–Crippen LogP) is 1.63. The third-order valence-electron chi connectivity index (χ3n) is 6.02. The number of carbonyl (C=O) groups excluding carboxylic acids is 3. The molecule has 1 saturated carbocycles. The molecule has 3 rings (SSSR count). The number of nitrogens with one attached hydrogen (secondary N) is 3. The number of nitrogens with zero attached hydrogens (tertiary/aromatic N) is 2. The molecule has 30 heavy (non-hydrogen) atoms. The molecule has 0 unspecified atom stereocenters. The molecule has 8 nitrogen and oxygen atoms in total. The van der Waals surface area contributed by atoms with Crippen LogP contribution in [-0.2, 0) is 9.59 Å². The molecule has 8 heteroatoms. The number of hydrogen-bond donors (Lipinski definition) is 3. The highest BCUT2D eigenvalue weighted by atomic mass is 16.2. The van der Waals surface area contributed by atoms with Crippen LogP contribution < -0.4 is 16.0 Å². The van der Waals surface area contributed by atoms with E-state index in [2.05, 4.69) is 20.9 Å².